The summed E-state index contributed by atoms with van der Waals surface area (Å²) in [6.45, 7) is 5.64. The lowest BCUT2D eigenvalue weighted by Gasteiger charge is -1.98. The highest BCUT2D eigenvalue weighted by Gasteiger charge is 2.35. The number of hydrogen-bond donors (Lipinski definition) is 0. The fourth-order valence-corrected chi connectivity index (χ4v) is 2.14. The van der Waals surface area contributed by atoms with E-state index in [0.29, 0.717) is 35.5 Å². The van der Waals surface area contributed by atoms with Crippen molar-refractivity contribution < 1.29 is 18.4 Å². The van der Waals surface area contributed by atoms with E-state index in [1.54, 1.807) is 13.8 Å². The summed E-state index contributed by atoms with van der Waals surface area (Å²) in [5.41, 5.74) is 1.37. The first-order valence-electron chi connectivity index (χ1n) is 6.72. The Balaban J connectivity index is 2.03. The molecule has 0 aromatic carbocycles. The lowest BCUT2D eigenvalue weighted by molar-refractivity contribution is 0.0489. The molecular formula is C14H16N2O4. The van der Waals surface area contributed by atoms with E-state index in [0.717, 1.165) is 12.8 Å². The molecule has 106 valence electrons. The Morgan fingerprint density at radius 2 is 2.05 bits per heavy atom. The van der Waals surface area contributed by atoms with Gasteiger partial charge in [0.25, 0.3) is 5.89 Å². The second-order valence-electron chi connectivity index (χ2n) is 4.88. The summed E-state index contributed by atoms with van der Waals surface area (Å²) in [6, 6.07) is 0. The van der Waals surface area contributed by atoms with E-state index in [4.69, 9.17) is 13.6 Å². The van der Waals surface area contributed by atoms with Gasteiger partial charge in [0.15, 0.2) is 5.89 Å². The Bertz CT molecular complexity index is 652. The third kappa shape index (κ3) is 2.21. The lowest BCUT2D eigenvalue weighted by atomic mass is 10.2. The number of nitrogens with zero attached hydrogens (tertiary/aromatic N) is 2. The summed E-state index contributed by atoms with van der Waals surface area (Å²) in [5.74, 6) is 1.32. The van der Waals surface area contributed by atoms with Crippen LogP contribution in [0.1, 0.15) is 53.5 Å². The van der Waals surface area contributed by atoms with Crippen molar-refractivity contribution in [1.29, 1.82) is 0 Å². The molecule has 0 radical (unpaired) electrons. The number of hydrogen-bond acceptors (Lipinski definition) is 6. The molecule has 6 heteroatoms. The van der Waals surface area contributed by atoms with Crippen LogP contribution in [-0.4, -0.2) is 22.5 Å². The van der Waals surface area contributed by atoms with Gasteiger partial charge < -0.3 is 13.6 Å². The normalized spacial score (nSPS) is 14.6. The predicted octanol–water partition coefficient (Wildman–Crippen LogP) is 3.00. The van der Waals surface area contributed by atoms with Crippen molar-refractivity contribution in [3.05, 3.63) is 23.0 Å². The minimum Gasteiger partial charge on any atom is -0.460 e. The second-order valence-corrected chi connectivity index (χ2v) is 4.88. The molecule has 1 fully saturated rings. The molecule has 2 aromatic rings. The molecule has 0 aliphatic heterocycles. The molecule has 2 heterocycles. The van der Waals surface area contributed by atoms with Crippen LogP contribution >= 0.6 is 0 Å². The average molecular weight is 276 g/mol. The van der Waals surface area contributed by atoms with Gasteiger partial charge in [-0.1, -0.05) is 0 Å². The van der Waals surface area contributed by atoms with Crippen molar-refractivity contribution in [3.63, 3.8) is 0 Å². The molecule has 3 rings (SSSR count). The van der Waals surface area contributed by atoms with Gasteiger partial charge in [0.2, 0.25) is 11.5 Å². The predicted molar refractivity (Wildman–Crippen MR) is 69.4 cm³/mol. The van der Waals surface area contributed by atoms with Crippen molar-refractivity contribution in [3.8, 4) is 11.7 Å². The number of esters is 1. The number of ether oxygens (including phenoxy) is 1. The zero-order chi connectivity index (χ0) is 14.3. The summed E-state index contributed by atoms with van der Waals surface area (Å²) in [4.78, 5) is 20.5. The molecule has 0 N–H and O–H groups in total. The van der Waals surface area contributed by atoms with Crippen molar-refractivity contribution >= 4 is 5.97 Å². The smallest absolute Gasteiger partial charge is 0.376 e. The molecule has 20 heavy (non-hydrogen) atoms. The van der Waals surface area contributed by atoms with Crippen LogP contribution < -0.4 is 0 Å². The molecule has 6 nitrogen and oxygen atoms in total. The third-order valence-electron chi connectivity index (χ3n) is 3.18. The highest BCUT2D eigenvalue weighted by atomic mass is 16.5. The van der Waals surface area contributed by atoms with E-state index in [2.05, 4.69) is 9.97 Å². The summed E-state index contributed by atoms with van der Waals surface area (Å²) in [7, 11) is 0. The second kappa shape index (κ2) is 4.77. The van der Waals surface area contributed by atoms with Crippen LogP contribution in [0.3, 0.4) is 0 Å². The van der Waals surface area contributed by atoms with Crippen LogP contribution in [0.15, 0.2) is 8.83 Å². The Hall–Kier alpha value is -2.11. The number of carbonyl (C=O) groups excluding carboxylic acids is 1. The standard InChI is InChI=1S/C14H16N2O4/c1-4-18-14(17)12-10(9-5-6-9)16-13(20-12)11-7(2)15-8(3)19-11/h9H,4-6H2,1-3H3. The summed E-state index contributed by atoms with van der Waals surface area (Å²) in [6.07, 6.45) is 2.04. The summed E-state index contributed by atoms with van der Waals surface area (Å²) < 4.78 is 16.1. The number of oxazole rings is 2. The molecule has 1 aliphatic rings. The number of aryl methyl sites for hydroxylation is 2. The van der Waals surface area contributed by atoms with E-state index in [9.17, 15) is 4.79 Å². The quantitative estimate of drug-likeness (QED) is 0.799. The molecular weight excluding hydrogens is 260 g/mol. The van der Waals surface area contributed by atoms with Crippen molar-refractivity contribution in [2.45, 2.75) is 39.5 Å². The van der Waals surface area contributed by atoms with Crippen LogP contribution in [0.5, 0.6) is 0 Å². The van der Waals surface area contributed by atoms with Crippen LogP contribution in [0.4, 0.5) is 0 Å². The molecule has 2 aromatic heterocycles. The zero-order valence-electron chi connectivity index (χ0n) is 11.7. The van der Waals surface area contributed by atoms with E-state index in [-0.39, 0.29) is 11.7 Å². The van der Waals surface area contributed by atoms with Gasteiger partial charge in [0.1, 0.15) is 0 Å². The third-order valence-corrected chi connectivity index (χ3v) is 3.18. The largest absolute Gasteiger partial charge is 0.460 e. The molecule has 0 spiro atoms. The van der Waals surface area contributed by atoms with E-state index < -0.39 is 5.97 Å². The van der Waals surface area contributed by atoms with Gasteiger partial charge in [-0.3, -0.25) is 0 Å². The van der Waals surface area contributed by atoms with Gasteiger partial charge >= 0.3 is 5.97 Å². The molecule has 0 amide bonds. The van der Waals surface area contributed by atoms with Crippen molar-refractivity contribution in [2.75, 3.05) is 6.61 Å². The molecule has 1 aliphatic carbocycles. The fourth-order valence-electron chi connectivity index (χ4n) is 2.14. The van der Waals surface area contributed by atoms with E-state index in [1.165, 1.54) is 0 Å². The first-order valence-corrected chi connectivity index (χ1v) is 6.72. The van der Waals surface area contributed by atoms with E-state index >= 15 is 0 Å². The highest BCUT2D eigenvalue weighted by Crippen LogP contribution is 2.42. The number of aromatic nitrogens is 2. The Morgan fingerprint density at radius 3 is 2.60 bits per heavy atom. The van der Waals surface area contributed by atoms with Gasteiger partial charge in [-0.05, 0) is 26.7 Å². The Morgan fingerprint density at radius 1 is 1.30 bits per heavy atom. The van der Waals surface area contributed by atoms with Crippen LogP contribution in [0, 0.1) is 13.8 Å². The summed E-state index contributed by atoms with van der Waals surface area (Å²) in [5, 5.41) is 0. The van der Waals surface area contributed by atoms with Crippen molar-refractivity contribution in [2.24, 2.45) is 0 Å². The van der Waals surface area contributed by atoms with Crippen LogP contribution in [0.2, 0.25) is 0 Å². The fraction of sp³-hybridized carbons (Fsp3) is 0.500. The summed E-state index contributed by atoms with van der Waals surface area (Å²) >= 11 is 0. The molecule has 0 saturated heterocycles. The number of carbonyl (C=O) groups is 1. The highest BCUT2D eigenvalue weighted by molar-refractivity contribution is 5.88. The Labute approximate surface area is 116 Å². The van der Waals surface area contributed by atoms with Gasteiger partial charge in [-0.25, -0.2) is 14.8 Å². The zero-order valence-corrected chi connectivity index (χ0v) is 11.7. The minimum absolute atomic E-state index is 0.192. The lowest BCUT2D eigenvalue weighted by Crippen LogP contribution is -2.05. The van der Waals surface area contributed by atoms with Crippen LogP contribution in [0.25, 0.3) is 11.7 Å². The maximum absolute atomic E-state index is 11.9. The maximum atomic E-state index is 11.9. The maximum Gasteiger partial charge on any atom is 0.376 e. The molecule has 0 unspecified atom stereocenters. The topological polar surface area (TPSA) is 78.4 Å². The molecule has 0 atom stereocenters. The first-order chi connectivity index (χ1) is 9.60. The van der Waals surface area contributed by atoms with E-state index in [1.807, 2.05) is 6.92 Å². The van der Waals surface area contributed by atoms with Crippen molar-refractivity contribution in [1.82, 2.24) is 9.97 Å². The van der Waals surface area contributed by atoms with Gasteiger partial charge in [0.05, 0.1) is 18.0 Å². The van der Waals surface area contributed by atoms with Gasteiger partial charge in [0, 0.05) is 12.8 Å². The molecule has 0 bridgehead atoms. The van der Waals surface area contributed by atoms with Gasteiger partial charge in [-0.2, -0.15) is 0 Å². The monoisotopic (exact) mass is 276 g/mol. The minimum atomic E-state index is -0.470. The SMILES string of the molecule is CCOC(=O)c1oc(-c2oc(C)nc2C)nc1C1CC1. The molecule has 1 saturated carbocycles. The van der Waals surface area contributed by atoms with Gasteiger partial charge in [-0.15, -0.1) is 0 Å². The average Bonchev–Trinajstić information content (AvgIpc) is 3.06. The Kier molecular flexibility index (Phi) is 3.08. The van der Waals surface area contributed by atoms with Crippen LogP contribution in [-0.2, 0) is 4.74 Å². The first kappa shape index (κ1) is 12.9. The number of rotatable bonds is 4.